The van der Waals surface area contributed by atoms with Crippen molar-refractivity contribution < 1.29 is 8.42 Å². The fourth-order valence-corrected chi connectivity index (χ4v) is 3.59. The van der Waals surface area contributed by atoms with Crippen molar-refractivity contribution in [2.45, 2.75) is 30.6 Å². The molecule has 1 aliphatic rings. The first-order valence-corrected chi connectivity index (χ1v) is 7.74. The van der Waals surface area contributed by atoms with Crippen LogP contribution in [0, 0.1) is 5.92 Å². The molecule has 6 heteroatoms. The molecule has 1 saturated carbocycles. The van der Waals surface area contributed by atoms with Crippen LogP contribution in [0.3, 0.4) is 0 Å². The molecule has 0 radical (unpaired) electrons. The molecule has 100 valence electrons. The van der Waals surface area contributed by atoms with E-state index in [0.717, 1.165) is 12.8 Å². The average Bonchev–Trinajstić information content (AvgIpc) is 2.89. The Morgan fingerprint density at radius 1 is 1.39 bits per heavy atom. The summed E-state index contributed by atoms with van der Waals surface area (Å²) in [6.07, 6.45) is 6.23. The van der Waals surface area contributed by atoms with E-state index in [1.165, 1.54) is 12.8 Å². The summed E-state index contributed by atoms with van der Waals surface area (Å²) in [5, 5.41) is 2.80. The predicted octanol–water partition coefficient (Wildman–Crippen LogP) is 1.59. The number of aromatic nitrogens is 1. The average molecular weight is 269 g/mol. The van der Waals surface area contributed by atoms with E-state index >= 15 is 0 Å². The van der Waals surface area contributed by atoms with Gasteiger partial charge in [0.15, 0.2) is 0 Å². The number of anilines is 1. The zero-order chi connectivity index (χ0) is 13.0. The lowest BCUT2D eigenvalue weighted by atomic mass is 10.1. The van der Waals surface area contributed by atoms with Crippen LogP contribution < -0.4 is 10.0 Å². The van der Waals surface area contributed by atoms with E-state index in [4.69, 9.17) is 0 Å². The zero-order valence-corrected chi connectivity index (χ0v) is 11.3. The molecule has 1 fully saturated rings. The van der Waals surface area contributed by atoms with Crippen LogP contribution in [0.2, 0.25) is 0 Å². The van der Waals surface area contributed by atoms with Crippen LogP contribution >= 0.6 is 0 Å². The molecular weight excluding hydrogens is 250 g/mol. The molecule has 1 aromatic heterocycles. The Balaban J connectivity index is 2.09. The summed E-state index contributed by atoms with van der Waals surface area (Å²) in [7, 11) is -1.80. The van der Waals surface area contributed by atoms with E-state index in [-0.39, 0.29) is 4.90 Å². The third kappa shape index (κ3) is 3.00. The molecule has 0 atom stereocenters. The van der Waals surface area contributed by atoms with Crippen LogP contribution in [0.4, 0.5) is 5.82 Å². The van der Waals surface area contributed by atoms with Crippen molar-refractivity contribution in [3.8, 4) is 0 Å². The molecule has 0 unspecified atom stereocenters. The standard InChI is InChI=1S/C12H19N3O2S/c1-13-12-11(7-4-8-14-12)18(16,17)15-9-10-5-2-3-6-10/h4,7-8,10,15H,2-3,5-6,9H2,1H3,(H,13,14). The van der Waals surface area contributed by atoms with E-state index in [0.29, 0.717) is 18.3 Å². The fraction of sp³-hybridized carbons (Fsp3) is 0.583. The number of nitrogens with zero attached hydrogens (tertiary/aromatic N) is 1. The number of sulfonamides is 1. The Morgan fingerprint density at radius 2 is 2.11 bits per heavy atom. The van der Waals surface area contributed by atoms with Crippen molar-refractivity contribution in [3.63, 3.8) is 0 Å². The molecule has 1 aromatic rings. The van der Waals surface area contributed by atoms with Gasteiger partial charge < -0.3 is 5.32 Å². The fourth-order valence-electron chi connectivity index (χ4n) is 2.31. The Labute approximate surface area is 108 Å². The predicted molar refractivity (Wildman–Crippen MR) is 70.9 cm³/mol. The van der Waals surface area contributed by atoms with Gasteiger partial charge >= 0.3 is 0 Å². The van der Waals surface area contributed by atoms with Gasteiger partial charge in [0, 0.05) is 19.8 Å². The summed E-state index contributed by atoms with van der Waals surface area (Å²) in [4.78, 5) is 4.23. The molecule has 0 spiro atoms. The lowest BCUT2D eigenvalue weighted by Gasteiger charge is -2.13. The minimum Gasteiger partial charge on any atom is -0.372 e. The molecule has 1 heterocycles. The second-order valence-electron chi connectivity index (χ2n) is 4.60. The van der Waals surface area contributed by atoms with Crippen LogP contribution in [0.25, 0.3) is 0 Å². The van der Waals surface area contributed by atoms with Crippen molar-refractivity contribution in [3.05, 3.63) is 18.3 Å². The number of nitrogens with one attached hydrogen (secondary N) is 2. The number of pyridine rings is 1. The Bertz CT molecular complexity index is 496. The topological polar surface area (TPSA) is 71.1 Å². The third-order valence-electron chi connectivity index (χ3n) is 3.33. The van der Waals surface area contributed by atoms with Crippen LogP contribution in [0.15, 0.2) is 23.2 Å². The third-order valence-corrected chi connectivity index (χ3v) is 4.79. The minimum atomic E-state index is -3.47. The summed E-state index contributed by atoms with van der Waals surface area (Å²) in [6.45, 7) is 0.528. The van der Waals surface area contributed by atoms with Gasteiger partial charge in [-0.15, -0.1) is 0 Å². The maximum atomic E-state index is 12.2. The molecule has 0 amide bonds. The molecule has 0 aromatic carbocycles. The Kier molecular flexibility index (Phi) is 4.19. The molecule has 18 heavy (non-hydrogen) atoms. The second kappa shape index (κ2) is 5.67. The highest BCUT2D eigenvalue weighted by Gasteiger charge is 2.22. The van der Waals surface area contributed by atoms with Gasteiger partial charge in [0.1, 0.15) is 10.7 Å². The van der Waals surface area contributed by atoms with Gasteiger partial charge in [-0.05, 0) is 30.9 Å². The van der Waals surface area contributed by atoms with Gasteiger partial charge in [-0.1, -0.05) is 12.8 Å². The van der Waals surface area contributed by atoms with E-state index in [1.807, 2.05) is 0 Å². The van der Waals surface area contributed by atoms with Crippen LogP contribution in [0.5, 0.6) is 0 Å². The lowest BCUT2D eigenvalue weighted by Crippen LogP contribution is -2.29. The minimum absolute atomic E-state index is 0.213. The number of rotatable bonds is 5. The first-order chi connectivity index (χ1) is 8.63. The van der Waals surface area contributed by atoms with E-state index in [9.17, 15) is 8.42 Å². The maximum absolute atomic E-state index is 12.2. The van der Waals surface area contributed by atoms with Crippen molar-refractivity contribution in [2.75, 3.05) is 18.9 Å². The number of hydrogen-bond donors (Lipinski definition) is 2. The van der Waals surface area contributed by atoms with Crippen molar-refractivity contribution in [1.29, 1.82) is 0 Å². The van der Waals surface area contributed by atoms with E-state index in [2.05, 4.69) is 15.0 Å². The molecule has 0 bridgehead atoms. The van der Waals surface area contributed by atoms with Gasteiger partial charge in [-0.3, -0.25) is 0 Å². The van der Waals surface area contributed by atoms with Gasteiger partial charge in [-0.2, -0.15) is 0 Å². The quantitative estimate of drug-likeness (QED) is 0.851. The first-order valence-electron chi connectivity index (χ1n) is 6.26. The molecule has 5 nitrogen and oxygen atoms in total. The summed E-state index contributed by atoms with van der Waals surface area (Å²) < 4.78 is 27.0. The summed E-state index contributed by atoms with van der Waals surface area (Å²) in [5.41, 5.74) is 0. The molecule has 2 N–H and O–H groups in total. The van der Waals surface area contributed by atoms with Crippen LogP contribution in [0.1, 0.15) is 25.7 Å². The highest BCUT2D eigenvalue weighted by Crippen LogP contribution is 2.25. The van der Waals surface area contributed by atoms with Crippen LogP contribution in [-0.2, 0) is 10.0 Å². The van der Waals surface area contributed by atoms with Crippen molar-refractivity contribution in [1.82, 2.24) is 9.71 Å². The zero-order valence-electron chi connectivity index (χ0n) is 10.5. The van der Waals surface area contributed by atoms with Gasteiger partial charge in [0.2, 0.25) is 10.0 Å². The summed E-state index contributed by atoms with van der Waals surface area (Å²) in [6, 6.07) is 3.20. The molecule has 0 aliphatic heterocycles. The normalized spacial score (nSPS) is 16.9. The van der Waals surface area contributed by atoms with Gasteiger partial charge in [0.25, 0.3) is 0 Å². The second-order valence-corrected chi connectivity index (χ2v) is 6.34. The maximum Gasteiger partial charge on any atom is 0.244 e. The summed E-state index contributed by atoms with van der Waals surface area (Å²) in [5.74, 6) is 0.867. The van der Waals surface area contributed by atoms with Gasteiger partial charge in [0.05, 0.1) is 0 Å². The summed E-state index contributed by atoms with van der Waals surface area (Å²) >= 11 is 0. The highest BCUT2D eigenvalue weighted by atomic mass is 32.2. The van der Waals surface area contributed by atoms with Crippen LogP contribution in [-0.4, -0.2) is 27.0 Å². The van der Waals surface area contributed by atoms with Crippen molar-refractivity contribution in [2.24, 2.45) is 5.92 Å². The van der Waals surface area contributed by atoms with E-state index < -0.39 is 10.0 Å². The highest BCUT2D eigenvalue weighted by molar-refractivity contribution is 7.89. The smallest absolute Gasteiger partial charge is 0.244 e. The SMILES string of the molecule is CNc1ncccc1S(=O)(=O)NCC1CCCC1. The Hall–Kier alpha value is -1.14. The van der Waals surface area contributed by atoms with Gasteiger partial charge in [-0.25, -0.2) is 18.1 Å². The first kappa shape index (κ1) is 13.3. The van der Waals surface area contributed by atoms with E-state index in [1.54, 1.807) is 25.4 Å². The monoisotopic (exact) mass is 269 g/mol. The molecule has 0 saturated heterocycles. The van der Waals surface area contributed by atoms with Crippen molar-refractivity contribution >= 4 is 15.8 Å². The number of hydrogen-bond acceptors (Lipinski definition) is 4. The molecule has 1 aliphatic carbocycles. The lowest BCUT2D eigenvalue weighted by molar-refractivity contribution is 0.519. The Morgan fingerprint density at radius 3 is 2.78 bits per heavy atom. The molecular formula is C12H19N3O2S. The largest absolute Gasteiger partial charge is 0.372 e. The molecule has 2 rings (SSSR count).